The lowest BCUT2D eigenvalue weighted by molar-refractivity contribution is 0.102. The zero-order valence-electron chi connectivity index (χ0n) is 13.9. The van der Waals surface area contributed by atoms with Gasteiger partial charge in [-0.3, -0.25) is 4.79 Å². The minimum atomic E-state index is -3.72. The first-order chi connectivity index (χ1) is 12.4. The lowest BCUT2D eigenvalue weighted by atomic mass is 10.2. The molecule has 1 heterocycles. The number of carbonyl (C=O) groups is 1. The first-order valence-corrected chi connectivity index (χ1v) is 10.1. The van der Waals surface area contributed by atoms with Gasteiger partial charge in [-0.2, -0.15) is 4.31 Å². The van der Waals surface area contributed by atoms with Gasteiger partial charge in [-0.1, -0.05) is 18.0 Å². The summed E-state index contributed by atoms with van der Waals surface area (Å²) in [4.78, 5) is 12.0. The standard InChI is InChI=1S/C18H18ClFN2O3S/c19-14-6-4-13(5-7-14)18(23)21-17-9-8-15(12-16(17)20)26(24,25)22-10-2-1-3-11-22/h4-9,12H,1-3,10-11H2,(H,21,23). The molecule has 1 amide bonds. The van der Waals surface area contributed by atoms with E-state index in [1.807, 2.05) is 0 Å². The third kappa shape index (κ3) is 4.06. The SMILES string of the molecule is O=C(Nc1ccc(S(=O)(=O)N2CCCCC2)cc1F)c1ccc(Cl)cc1. The Hall–Kier alpha value is -1.96. The quantitative estimate of drug-likeness (QED) is 0.852. The number of halogens is 2. The molecule has 2 aromatic rings. The highest BCUT2D eigenvalue weighted by Crippen LogP contribution is 2.24. The highest BCUT2D eigenvalue weighted by molar-refractivity contribution is 7.89. The number of nitrogens with one attached hydrogen (secondary N) is 1. The highest BCUT2D eigenvalue weighted by Gasteiger charge is 2.26. The molecule has 2 aromatic carbocycles. The predicted octanol–water partition coefficient (Wildman–Crippen LogP) is 3.91. The monoisotopic (exact) mass is 396 g/mol. The maximum absolute atomic E-state index is 14.4. The van der Waals surface area contributed by atoms with Gasteiger partial charge in [-0.05, 0) is 55.3 Å². The van der Waals surface area contributed by atoms with Gasteiger partial charge in [0.15, 0.2) is 0 Å². The van der Waals surface area contributed by atoms with E-state index in [1.54, 1.807) is 12.1 Å². The number of benzene rings is 2. The zero-order chi connectivity index (χ0) is 18.7. The fourth-order valence-electron chi connectivity index (χ4n) is 2.81. The van der Waals surface area contributed by atoms with Crippen LogP contribution in [-0.2, 0) is 10.0 Å². The van der Waals surface area contributed by atoms with E-state index in [2.05, 4.69) is 5.32 Å². The molecule has 0 saturated carbocycles. The largest absolute Gasteiger partial charge is 0.319 e. The van der Waals surface area contributed by atoms with Crippen molar-refractivity contribution in [3.63, 3.8) is 0 Å². The average Bonchev–Trinajstić information content (AvgIpc) is 2.64. The number of hydrogen-bond acceptors (Lipinski definition) is 3. The summed E-state index contributed by atoms with van der Waals surface area (Å²) in [5.41, 5.74) is 0.237. The van der Waals surface area contributed by atoms with Gasteiger partial charge >= 0.3 is 0 Å². The number of anilines is 1. The minimum absolute atomic E-state index is 0.0810. The minimum Gasteiger partial charge on any atom is -0.319 e. The average molecular weight is 397 g/mol. The van der Waals surface area contributed by atoms with E-state index in [9.17, 15) is 17.6 Å². The molecule has 0 unspecified atom stereocenters. The summed E-state index contributed by atoms with van der Waals surface area (Å²) in [5, 5.41) is 2.92. The summed E-state index contributed by atoms with van der Waals surface area (Å²) in [6, 6.07) is 9.67. The van der Waals surface area contributed by atoms with Crippen LogP contribution in [0.1, 0.15) is 29.6 Å². The van der Waals surface area contributed by atoms with Gasteiger partial charge in [0.2, 0.25) is 10.0 Å². The van der Waals surface area contributed by atoms with Crippen LogP contribution in [0, 0.1) is 5.82 Å². The molecule has 1 aliphatic rings. The number of amides is 1. The van der Waals surface area contributed by atoms with Crippen molar-refractivity contribution in [1.29, 1.82) is 0 Å². The summed E-state index contributed by atoms with van der Waals surface area (Å²) < 4.78 is 40.9. The van der Waals surface area contributed by atoms with Gasteiger partial charge in [0.1, 0.15) is 5.82 Å². The number of rotatable bonds is 4. The molecule has 1 aliphatic heterocycles. The molecule has 0 aromatic heterocycles. The van der Waals surface area contributed by atoms with Gasteiger partial charge < -0.3 is 5.32 Å². The molecule has 8 heteroatoms. The normalized spacial score (nSPS) is 15.6. The Morgan fingerprint density at radius 1 is 1.04 bits per heavy atom. The molecule has 0 atom stereocenters. The van der Waals surface area contributed by atoms with Gasteiger partial charge in [-0.15, -0.1) is 0 Å². The second kappa shape index (κ2) is 7.73. The molecule has 0 radical (unpaired) electrons. The van der Waals surface area contributed by atoms with E-state index in [4.69, 9.17) is 11.6 Å². The summed E-state index contributed by atoms with van der Waals surface area (Å²) in [5.74, 6) is -1.31. The molecule has 0 aliphatic carbocycles. The molecule has 1 N–H and O–H groups in total. The van der Waals surface area contributed by atoms with Crippen molar-refractivity contribution in [1.82, 2.24) is 4.31 Å². The fourth-order valence-corrected chi connectivity index (χ4v) is 4.46. The zero-order valence-corrected chi connectivity index (χ0v) is 15.5. The number of sulfonamides is 1. The maximum atomic E-state index is 14.4. The molecule has 1 fully saturated rings. The van der Waals surface area contributed by atoms with E-state index >= 15 is 0 Å². The van der Waals surface area contributed by atoms with Crippen LogP contribution in [0.2, 0.25) is 5.02 Å². The van der Waals surface area contributed by atoms with Crippen molar-refractivity contribution in [2.45, 2.75) is 24.2 Å². The Bertz CT molecular complexity index is 911. The summed E-state index contributed by atoms with van der Waals surface area (Å²) in [7, 11) is -3.72. The van der Waals surface area contributed by atoms with Crippen LogP contribution in [0.4, 0.5) is 10.1 Å². The van der Waals surface area contributed by atoms with Crippen molar-refractivity contribution >= 4 is 33.2 Å². The summed E-state index contributed by atoms with van der Waals surface area (Å²) in [6.45, 7) is 0.887. The first-order valence-electron chi connectivity index (χ1n) is 8.24. The van der Waals surface area contributed by atoms with Crippen LogP contribution in [0.25, 0.3) is 0 Å². The Balaban J connectivity index is 1.79. The first kappa shape index (κ1) is 18.8. The van der Waals surface area contributed by atoms with E-state index in [0.717, 1.165) is 25.3 Å². The maximum Gasteiger partial charge on any atom is 0.255 e. The predicted molar refractivity (Wildman–Crippen MR) is 98.4 cm³/mol. The Morgan fingerprint density at radius 3 is 2.31 bits per heavy atom. The third-order valence-corrected chi connectivity index (χ3v) is 6.39. The molecular formula is C18H18ClFN2O3S. The molecule has 1 saturated heterocycles. The van der Waals surface area contributed by atoms with E-state index in [0.29, 0.717) is 23.7 Å². The topological polar surface area (TPSA) is 66.5 Å². The molecule has 138 valence electrons. The van der Waals surface area contributed by atoms with Crippen LogP contribution in [0.5, 0.6) is 0 Å². The number of piperidine rings is 1. The number of hydrogen-bond donors (Lipinski definition) is 1. The Kier molecular flexibility index (Phi) is 5.60. The smallest absolute Gasteiger partial charge is 0.255 e. The summed E-state index contributed by atoms with van der Waals surface area (Å²) in [6.07, 6.45) is 2.60. The van der Waals surface area contributed by atoms with E-state index < -0.39 is 21.7 Å². The van der Waals surface area contributed by atoms with Crippen molar-refractivity contribution in [2.24, 2.45) is 0 Å². The molecular weight excluding hydrogens is 379 g/mol. The fraction of sp³-hybridized carbons (Fsp3) is 0.278. The second-order valence-corrected chi connectivity index (χ2v) is 8.44. The lowest BCUT2D eigenvalue weighted by Crippen LogP contribution is -2.35. The van der Waals surface area contributed by atoms with E-state index in [-0.39, 0.29) is 10.6 Å². The van der Waals surface area contributed by atoms with Crippen LogP contribution in [0.3, 0.4) is 0 Å². The van der Waals surface area contributed by atoms with Crippen LogP contribution < -0.4 is 5.32 Å². The van der Waals surface area contributed by atoms with Crippen molar-refractivity contribution in [2.75, 3.05) is 18.4 Å². The van der Waals surface area contributed by atoms with E-state index in [1.165, 1.54) is 28.6 Å². The van der Waals surface area contributed by atoms with Crippen LogP contribution in [-0.4, -0.2) is 31.7 Å². The number of carbonyl (C=O) groups excluding carboxylic acids is 1. The van der Waals surface area contributed by atoms with Crippen molar-refractivity contribution in [3.8, 4) is 0 Å². The van der Waals surface area contributed by atoms with Crippen molar-refractivity contribution < 1.29 is 17.6 Å². The molecule has 3 rings (SSSR count). The highest BCUT2D eigenvalue weighted by atomic mass is 35.5. The van der Waals surface area contributed by atoms with Gasteiger partial charge in [0, 0.05) is 23.7 Å². The molecule has 0 bridgehead atoms. The second-order valence-electron chi connectivity index (χ2n) is 6.07. The van der Waals surface area contributed by atoms with Gasteiger partial charge in [-0.25, -0.2) is 12.8 Å². The number of nitrogens with zero attached hydrogens (tertiary/aromatic N) is 1. The molecule has 5 nitrogen and oxygen atoms in total. The van der Waals surface area contributed by atoms with Crippen LogP contribution >= 0.6 is 11.6 Å². The van der Waals surface area contributed by atoms with Gasteiger partial charge in [0.05, 0.1) is 10.6 Å². The third-order valence-electron chi connectivity index (χ3n) is 4.25. The van der Waals surface area contributed by atoms with Crippen LogP contribution in [0.15, 0.2) is 47.4 Å². The summed E-state index contributed by atoms with van der Waals surface area (Å²) >= 11 is 5.77. The molecule has 0 spiro atoms. The van der Waals surface area contributed by atoms with Crippen molar-refractivity contribution in [3.05, 3.63) is 58.9 Å². The molecule has 26 heavy (non-hydrogen) atoms. The Morgan fingerprint density at radius 2 is 1.69 bits per heavy atom. The van der Waals surface area contributed by atoms with Gasteiger partial charge in [0.25, 0.3) is 5.91 Å². The Labute approximate surface area is 156 Å². The lowest BCUT2D eigenvalue weighted by Gasteiger charge is -2.26.